The van der Waals surface area contributed by atoms with Crippen LogP contribution in [0.15, 0.2) is 37.8 Å². The van der Waals surface area contributed by atoms with Crippen LogP contribution in [0.2, 0.25) is 5.02 Å². The molecule has 0 radical (unpaired) electrons. The maximum Gasteiger partial charge on any atom is 0.169 e. The molecule has 1 heterocycles. The van der Waals surface area contributed by atoms with E-state index in [2.05, 4.69) is 37.2 Å². The lowest BCUT2D eigenvalue weighted by Crippen LogP contribution is -2.22. The van der Waals surface area contributed by atoms with Gasteiger partial charge in [0.15, 0.2) is 4.67 Å². The van der Waals surface area contributed by atoms with Gasteiger partial charge in [0.1, 0.15) is 11.5 Å². The van der Waals surface area contributed by atoms with Crippen molar-refractivity contribution in [1.29, 1.82) is 0 Å². The normalized spacial score (nSPS) is 12.4. The van der Waals surface area contributed by atoms with Crippen molar-refractivity contribution in [2.75, 3.05) is 13.7 Å². The average molecular weight is 424 g/mol. The van der Waals surface area contributed by atoms with Crippen molar-refractivity contribution in [1.82, 2.24) is 5.32 Å². The van der Waals surface area contributed by atoms with Gasteiger partial charge in [0.25, 0.3) is 0 Å². The predicted octanol–water partition coefficient (Wildman–Crippen LogP) is 5.17. The second-order valence-electron chi connectivity index (χ2n) is 4.14. The Morgan fingerprint density at radius 2 is 2.10 bits per heavy atom. The fourth-order valence-electron chi connectivity index (χ4n) is 2.06. The van der Waals surface area contributed by atoms with Crippen LogP contribution in [0.3, 0.4) is 0 Å². The lowest BCUT2D eigenvalue weighted by Gasteiger charge is -2.20. The van der Waals surface area contributed by atoms with E-state index in [1.54, 1.807) is 7.11 Å². The molecule has 20 heavy (non-hydrogen) atoms. The van der Waals surface area contributed by atoms with E-state index in [0.29, 0.717) is 9.69 Å². The van der Waals surface area contributed by atoms with Crippen LogP contribution in [0.5, 0.6) is 5.75 Å². The van der Waals surface area contributed by atoms with E-state index in [4.69, 9.17) is 20.8 Å². The average Bonchev–Trinajstić information content (AvgIpc) is 2.81. The Kier molecular flexibility index (Phi) is 5.55. The third-order valence-corrected chi connectivity index (χ3v) is 4.07. The highest BCUT2D eigenvalue weighted by Crippen LogP contribution is 2.39. The molecule has 0 aliphatic heterocycles. The molecule has 1 unspecified atom stereocenters. The largest absolute Gasteiger partial charge is 0.495 e. The van der Waals surface area contributed by atoms with E-state index in [0.717, 1.165) is 28.1 Å². The smallest absolute Gasteiger partial charge is 0.169 e. The van der Waals surface area contributed by atoms with Gasteiger partial charge in [0.05, 0.1) is 17.6 Å². The molecule has 6 heteroatoms. The van der Waals surface area contributed by atoms with Gasteiger partial charge in [-0.15, -0.1) is 0 Å². The van der Waals surface area contributed by atoms with Crippen LogP contribution < -0.4 is 10.1 Å². The van der Waals surface area contributed by atoms with Gasteiger partial charge in [-0.1, -0.05) is 18.5 Å². The van der Waals surface area contributed by atoms with Gasteiger partial charge in [-0.3, -0.25) is 0 Å². The van der Waals surface area contributed by atoms with Gasteiger partial charge in [-0.05, 0) is 62.7 Å². The zero-order valence-corrected chi connectivity index (χ0v) is 15.0. The van der Waals surface area contributed by atoms with Crippen LogP contribution in [0.25, 0.3) is 0 Å². The number of ether oxygens (including phenoxy) is 1. The molecule has 2 rings (SSSR count). The van der Waals surface area contributed by atoms with Crippen LogP contribution in [0, 0.1) is 0 Å². The molecule has 3 nitrogen and oxygen atoms in total. The molecule has 0 fully saturated rings. The number of hydrogen-bond donors (Lipinski definition) is 1. The van der Waals surface area contributed by atoms with Crippen molar-refractivity contribution in [2.45, 2.75) is 13.0 Å². The van der Waals surface area contributed by atoms with Crippen molar-refractivity contribution in [3.05, 3.63) is 49.8 Å². The van der Waals surface area contributed by atoms with Crippen LogP contribution >= 0.6 is 43.5 Å². The second kappa shape index (κ2) is 6.98. The summed E-state index contributed by atoms with van der Waals surface area (Å²) in [6, 6.07) is 7.35. The Morgan fingerprint density at radius 3 is 2.65 bits per heavy atom. The Morgan fingerprint density at radius 1 is 1.35 bits per heavy atom. The first-order valence-corrected chi connectivity index (χ1v) is 8.04. The van der Waals surface area contributed by atoms with E-state index in [9.17, 15) is 0 Å². The Hall–Kier alpha value is -0.490. The second-order valence-corrected chi connectivity index (χ2v) is 6.22. The minimum Gasteiger partial charge on any atom is -0.495 e. The fourth-order valence-corrected chi connectivity index (χ4v) is 3.38. The molecule has 0 aliphatic rings. The van der Waals surface area contributed by atoms with Gasteiger partial charge in [-0.25, -0.2) is 0 Å². The van der Waals surface area contributed by atoms with Gasteiger partial charge in [-0.2, -0.15) is 0 Å². The molecule has 1 atom stereocenters. The first-order chi connectivity index (χ1) is 9.56. The summed E-state index contributed by atoms with van der Waals surface area (Å²) in [6.45, 7) is 2.83. The molecule has 1 N–H and O–H groups in total. The molecule has 1 aromatic heterocycles. The van der Waals surface area contributed by atoms with Crippen molar-refractivity contribution in [3.63, 3.8) is 0 Å². The highest BCUT2D eigenvalue weighted by Gasteiger charge is 2.22. The summed E-state index contributed by atoms with van der Waals surface area (Å²) in [6.07, 6.45) is 0. The fraction of sp³-hybridized carbons (Fsp3) is 0.286. The standard InChI is InChI=1S/C14H14Br2ClNO2/c1-3-18-13(11-4-5-12(16)20-11)9-6-8(17)7-10(15)14(9)19-2/h4-7,13,18H,3H2,1-2H3. The SMILES string of the molecule is CCNC(c1ccc(Br)o1)c1cc(Cl)cc(Br)c1OC. The predicted molar refractivity (Wildman–Crippen MR) is 87.6 cm³/mol. The van der Waals surface area contributed by atoms with Crippen molar-refractivity contribution in [3.8, 4) is 5.75 Å². The van der Waals surface area contributed by atoms with Crippen LogP contribution in [-0.4, -0.2) is 13.7 Å². The number of hydrogen-bond acceptors (Lipinski definition) is 3. The highest BCUT2D eigenvalue weighted by atomic mass is 79.9. The van der Waals surface area contributed by atoms with Crippen molar-refractivity contribution in [2.24, 2.45) is 0 Å². The van der Waals surface area contributed by atoms with E-state index in [1.807, 2.05) is 31.2 Å². The topological polar surface area (TPSA) is 34.4 Å². The van der Waals surface area contributed by atoms with Crippen molar-refractivity contribution < 1.29 is 9.15 Å². The first-order valence-electron chi connectivity index (χ1n) is 6.08. The molecule has 1 aromatic carbocycles. The molecule has 0 saturated heterocycles. The molecule has 0 bridgehead atoms. The molecular formula is C14H14Br2ClNO2. The maximum atomic E-state index is 6.16. The summed E-state index contributed by atoms with van der Waals surface area (Å²) in [5.74, 6) is 1.54. The summed E-state index contributed by atoms with van der Waals surface area (Å²) in [5.41, 5.74) is 0.926. The minimum absolute atomic E-state index is 0.128. The summed E-state index contributed by atoms with van der Waals surface area (Å²) in [5, 5.41) is 4.02. The quantitative estimate of drug-likeness (QED) is 0.721. The highest BCUT2D eigenvalue weighted by molar-refractivity contribution is 9.10. The Bertz CT molecular complexity index is 601. The van der Waals surface area contributed by atoms with Gasteiger partial charge >= 0.3 is 0 Å². The third kappa shape index (κ3) is 3.39. The van der Waals surface area contributed by atoms with E-state index < -0.39 is 0 Å². The zero-order valence-electron chi connectivity index (χ0n) is 11.0. The maximum absolute atomic E-state index is 6.16. The molecule has 0 aliphatic carbocycles. The van der Waals surface area contributed by atoms with Gasteiger partial charge < -0.3 is 14.5 Å². The summed E-state index contributed by atoms with van der Waals surface area (Å²) in [4.78, 5) is 0. The van der Waals surface area contributed by atoms with Crippen LogP contribution in [-0.2, 0) is 0 Å². The number of halogens is 3. The van der Waals surface area contributed by atoms with Gasteiger partial charge in [0, 0.05) is 10.6 Å². The molecule has 108 valence electrons. The van der Waals surface area contributed by atoms with Crippen molar-refractivity contribution >= 4 is 43.5 Å². The van der Waals surface area contributed by atoms with Crippen LogP contribution in [0.1, 0.15) is 24.3 Å². The Labute approximate surface area is 139 Å². The zero-order chi connectivity index (χ0) is 14.7. The monoisotopic (exact) mass is 421 g/mol. The van der Waals surface area contributed by atoms with Gasteiger partial charge in [0.2, 0.25) is 0 Å². The lowest BCUT2D eigenvalue weighted by atomic mass is 10.0. The molecule has 0 amide bonds. The first kappa shape index (κ1) is 15.9. The number of nitrogens with one attached hydrogen (secondary N) is 1. The van der Waals surface area contributed by atoms with E-state index >= 15 is 0 Å². The van der Waals surface area contributed by atoms with E-state index in [1.165, 1.54) is 0 Å². The van der Waals surface area contributed by atoms with E-state index in [-0.39, 0.29) is 6.04 Å². The molecule has 2 aromatic rings. The van der Waals surface area contributed by atoms with Crippen LogP contribution in [0.4, 0.5) is 0 Å². The number of furan rings is 1. The lowest BCUT2D eigenvalue weighted by molar-refractivity contribution is 0.389. The molecule has 0 saturated carbocycles. The summed E-state index contributed by atoms with van der Waals surface area (Å²) < 4.78 is 12.7. The number of benzene rings is 1. The molecular weight excluding hydrogens is 409 g/mol. The number of methoxy groups -OCH3 is 1. The third-order valence-electron chi connectivity index (χ3n) is 2.84. The molecule has 0 spiro atoms. The Balaban J connectivity index is 2.54. The minimum atomic E-state index is -0.128. The summed E-state index contributed by atoms with van der Waals surface area (Å²) in [7, 11) is 1.64. The number of rotatable bonds is 5. The summed E-state index contributed by atoms with van der Waals surface area (Å²) >= 11 is 13.0.